The summed E-state index contributed by atoms with van der Waals surface area (Å²) in [6.07, 6.45) is 8.46. The van der Waals surface area contributed by atoms with Crippen molar-refractivity contribution in [2.45, 2.75) is 50.8 Å². The number of likely N-dealkylation sites (tertiary alicyclic amines) is 1. The Balaban J connectivity index is 1.51. The molecule has 2 aliphatic rings. The molecule has 34 heavy (non-hydrogen) atoms. The summed E-state index contributed by atoms with van der Waals surface area (Å²) in [4.78, 5) is 30.0. The Kier molecular flexibility index (Phi) is 6.73. The fourth-order valence-corrected chi connectivity index (χ4v) is 4.81. The second-order valence-electron chi connectivity index (χ2n) is 9.36. The Morgan fingerprint density at radius 2 is 1.94 bits per heavy atom. The van der Waals surface area contributed by atoms with Crippen LogP contribution in [0.5, 0.6) is 0 Å². The van der Waals surface area contributed by atoms with Crippen molar-refractivity contribution in [1.29, 1.82) is 0 Å². The maximum absolute atomic E-state index is 10.8. The Bertz CT molecular complexity index is 1120. The van der Waals surface area contributed by atoms with E-state index in [1.165, 1.54) is 0 Å². The molecule has 2 aliphatic heterocycles. The van der Waals surface area contributed by atoms with Gasteiger partial charge in [-0.15, -0.1) is 0 Å². The second kappa shape index (κ2) is 10.1. The summed E-state index contributed by atoms with van der Waals surface area (Å²) in [5.74, 6) is 1.37. The van der Waals surface area contributed by atoms with Crippen LogP contribution in [0.4, 0.5) is 17.5 Å². The molecule has 1 aromatic carbocycles. The molecule has 1 unspecified atom stereocenters. The Labute approximate surface area is 200 Å². The van der Waals surface area contributed by atoms with E-state index in [4.69, 9.17) is 14.7 Å². The summed E-state index contributed by atoms with van der Waals surface area (Å²) in [6.45, 7) is 2.91. The lowest BCUT2D eigenvalue weighted by Gasteiger charge is -2.35. The highest BCUT2D eigenvalue weighted by atomic mass is 16.5. The first kappa shape index (κ1) is 22.7. The third-order valence-corrected chi connectivity index (χ3v) is 6.96. The molecule has 5 rings (SSSR count). The number of nitrogens with one attached hydrogen (secondary N) is 1. The number of hydrogen-bond acceptors (Lipinski definition) is 8. The SMILES string of the molecule is CN1CCC(N(C)c2nc(Nc3ccc(CC=O)cc3)c3ncn(C4CCCCO4)c3n2)CC1. The van der Waals surface area contributed by atoms with Crippen LogP contribution in [-0.2, 0) is 16.0 Å². The van der Waals surface area contributed by atoms with E-state index in [1.54, 1.807) is 0 Å². The zero-order chi connectivity index (χ0) is 23.5. The minimum absolute atomic E-state index is 0.0504. The Morgan fingerprint density at radius 1 is 1.15 bits per heavy atom. The van der Waals surface area contributed by atoms with Crippen LogP contribution in [-0.4, -0.2) is 70.5 Å². The first-order valence-electron chi connectivity index (χ1n) is 12.2. The fraction of sp³-hybridized carbons (Fsp3) is 0.520. The van der Waals surface area contributed by atoms with Gasteiger partial charge < -0.3 is 24.6 Å². The molecule has 0 aliphatic carbocycles. The molecule has 2 saturated heterocycles. The zero-order valence-electron chi connectivity index (χ0n) is 20.0. The lowest BCUT2D eigenvalue weighted by Crippen LogP contribution is -2.42. The average Bonchev–Trinajstić information content (AvgIpc) is 3.30. The molecule has 0 spiro atoms. The molecule has 0 bridgehead atoms. The van der Waals surface area contributed by atoms with E-state index in [9.17, 15) is 4.79 Å². The normalized spacial score (nSPS) is 19.9. The number of carbonyl (C=O) groups is 1. The number of ether oxygens (including phenoxy) is 1. The number of rotatable bonds is 7. The highest BCUT2D eigenvalue weighted by Gasteiger charge is 2.26. The van der Waals surface area contributed by atoms with Crippen molar-refractivity contribution in [3.05, 3.63) is 36.2 Å². The van der Waals surface area contributed by atoms with Crippen molar-refractivity contribution in [1.82, 2.24) is 24.4 Å². The van der Waals surface area contributed by atoms with Gasteiger partial charge in [0.2, 0.25) is 5.95 Å². The molecule has 0 radical (unpaired) electrons. The number of anilines is 3. The van der Waals surface area contributed by atoms with Crippen LogP contribution in [0, 0.1) is 0 Å². The molecule has 3 aromatic rings. The van der Waals surface area contributed by atoms with E-state index in [-0.39, 0.29) is 6.23 Å². The molecule has 180 valence electrons. The van der Waals surface area contributed by atoms with Crippen LogP contribution in [0.1, 0.15) is 43.9 Å². The molecule has 2 aromatic heterocycles. The van der Waals surface area contributed by atoms with Crippen molar-refractivity contribution in [2.75, 3.05) is 44.0 Å². The molecule has 9 nitrogen and oxygen atoms in total. The summed E-state index contributed by atoms with van der Waals surface area (Å²) in [5.41, 5.74) is 3.39. The lowest BCUT2D eigenvalue weighted by molar-refractivity contribution is -0.107. The summed E-state index contributed by atoms with van der Waals surface area (Å²) < 4.78 is 8.10. The quantitative estimate of drug-likeness (QED) is 0.533. The molecular weight excluding hydrogens is 430 g/mol. The first-order chi connectivity index (χ1) is 16.6. The molecule has 4 heterocycles. The molecule has 1 N–H and O–H groups in total. The Morgan fingerprint density at radius 3 is 2.65 bits per heavy atom. The largest absolute Gasteiger partial charge is 0.358 e. The van der Waals surface area contributed by atoms with E-state index in [2.05, 4.69) is 38.8 Å². The zero-order valence-corrected chi connectivity index (χ0v) is 20.0. The van der Waals surface area contributed by atoms with Gasteiger partial charge >= 0.3 is 0 Å². The minimum Gasteiger partial charge on any atom is -0.358 e. The smallest absolute Gasteiger partial charge is 0.229 e. The monoisotopic (exact) mass is 463 g/mol. The highest BCUT2D eigenvalue weighted by Crippen LogP contribution is 2.31. The molecule has 0 amide bonds. The topological polar surface area (TPSA) is 88.4 Å². The number of hydrogen-bond donors (Lipinski definition) is 1. The minimum atomic E-state index is -0.0504. The number of aldehydes is 1. The number of piperidine rings is 1. The van der Waals surface area contributed by atoms with Gasteiger partial charge in [-0.1, -0.05) is 12.1 Å². The summed E-state index contributed by atoms with van der Waals surface area (Å²) in [6, 6.07) is 8.24. The van der Waals surface area contributed by atoms with E-state index in [1.807, 2.05) is 30.6 Å². The van der Waals surface area contributed by atoms with Gasteiger partial charge in [0.15, 0.2) is 17.0 Å². The van der Waals surface area contributed by atoms with Crippen molar-refractivity contribution < 1.29 is 9.53 Å². The molecular formula is C25H33N7O2. The van der Waals surface area contributed by atoms with Crippen LogP contribution < -0.4 is 10.2 Å². The number of imidazole rings is 1. The highest BCUT2D eigenvalue weighted by molar-refractivity contribution is 5.86. The van der Waals surface area contributed by atoms with Crippen molar-refractivity contribution in [2.24, 2.45) is 0 Å². The third-order valence-electron chi connectivity index (χ3n) is 6.96. The fourth-order valence-electron chi connectivity index (χ4n) is 4.81. The summed E-state index contributed by atoms with van der Waals surface area (Å²) in [5, 5.41) is 3.45. The van der Waals surface area contributed by atoms with Gasteiger partial charge in [0.1, 0.15) is 12.5 Å². The maximum Gasteiger partial charge on any atom is 0.229 e. The third kappa shape index (κ3) is 4.76. The predicted molar refractivity (Wildman–Crippen MR) is 133 cm³/mol. The van der Waals surface area contributed by atoms with E-state index < -0.39 is 0 Å². The Hall–Kier alpha value is -3.04. The second-order valence-corrected chi connectivity index (χ2v) is 9.36. The lowest BCUT2D eigenvalue weighted by atomic mass is 10.0. The van der Waals surface area contributed by atoms with Gasteiger partial charge in [-0.3, -0.25) is 4.57 Å². The number of nitrogens with zero attached hydrogens (tertiary/aromatic N) is 6. The molecule has 2 fully saturated rings. The van der Waals surface area contributed by atoms with E-state index in [0.29, 0.717) is 24.2 Å². The summed E-state index contributed by atoms with van der Waals surface area (Å²) >= 11 is 0. The standard InChI is InChI=1S/C25H33N7O2/c1-30-13-10-20(11-14-30)31(2)25-28-23(27-19-8-6-18(7-9-19)12-15-33)22-24(29-25)32(17-26-22)21-5-3-4-16-34-21/h6-9,15,17,20-21H,3-5,10-14,16H2,1-2H3,(H,27,28,29). The molecule has 9 heteroatoms. The van der Waals surface area contributed by atoms with Crippen LogP contribution in [0.15, 0.2) is 30.6 Å². The van der Waals surface area contributed by atoms with Crippen LogP contribution in [0.25, 0.3) is 11.2 Å². The number of fused-ring (bicyclic) bond motifs is 1. The van der Waals surface area contributed by atoms with Crippen molar-refractivity contribution >= 4 is 34.9 Å². The van der Waals surface area contributed by atoms with Gasteiger partial charge in [-0.05, 0) is 69.9 Å². The van der Waals surface area contributed by atoms with Crippen LogP contribution in [0.3, 0.4) is 0 Å². The van der Waals surface area contributed by atoms with Gasteiger partial charge in [0.05, 0.1) is 6.33 Å². The number of carbonyl (C=O) groups excluding carboxylic acids is 1. The van der Waals surface area contributed by atoms with Crippen LogP contribution in [0.2, 0.25) is 0 Å². The molecule has 1 atom stereocenters. The summed E-state index contributed by atoms with van der Waals surface area (Å²) in [7, 11) is 4.26. The average molecular weight is 464 g/mol. The number of benzene rings is 1. The van der Waals surface area contributed by atoms with Gasteiger partial charge in [-0.25, -0.2) is 4.98 Å². The molecule has 0 saturated carbocycles. The maximum atomic E-state index is 10.8. The van der Waals surface area contributed by atoms with Gasteiger partial charge in [-0.2, -0.15) is 9.97 Å². The first-order valence-corrected chi connectivity index (χ1v) is 12.2. The van der Waals surface area contributed by atoms with Crippen molar-refractivity contribution in [3.63, 3.8) is 0 Å². The van der Waals surface area contributed by atoms with Gasteiger partial charge in [0.25, 0.3) is 0 Å². The van der Waals surface area contributed by atoms with Crippen LogP contribution >= 0.6 is 0 Å². The predicted octanol–water partition coefficient (Wildman–Crippen LogP) is 3.54. The number of aromatic nitrogens is 4. The van der Waals surface area contributed by atoms with Gasteiger partial charge in [0, 0.05) is 31.8 Å². The van der Waals surface area contributed by atoms with E-state index in [0.717, 1.165) is 80.5 Å². The van der Waals surface area contributed by atoms with E-state index >= 15 is 0 Å². The van der Waals surface area contributed by atoms with Crippen molar-refractivity contribution in [3.8, 4) is 0 Å².